The monoisotopic (exact) mass is 287 g/mol. The Kier molecular flexibility index (Phi) is 3.06. The van der Waals surface area contributed by atoms with Crippen LogP contribution in [0.1, 0.15) is 10.5 Å². The van der Waals surface area contributed by atoms with E-state index in [2.05, 4.69) is 10.3 Å². The van der Waals surface area contributed by atoms with Crippen LogP contribution in [0.4, 0.5) is 20.2 Å². The van der Waals surface area contributed by atoms with Crippen LogP contribution in [0.15, 0.2) is 42.5 Å². The predicted octanol–water partition coefficient (Wildman–Crippen LogP) is 3.28. The van der Waals surface area contributed by atoms with Gasteiger partial charge in [0.05, 0.1) is 16.9 Å². The minimum Gasteiger partial charge on any atom is -0.397 e. The number of H-pyrrole nitrogens is 1. The Morgan fingerprint density at radius 3 is 2.71 bits per heavy atom. The summed E-state index contributed by atoms with van der Waals surface area (Å²) in [6.45, 7) is 0. The average Bonchev–Trinajstić information content (AvgIpc) is 2.88. The predicted molar refractivity (Wildman–Crippen MR) is 77.0 cm³/mol. The number of benzene rings is 2. The molecule has 0 fully saturated rings. The van der Waals surface area contributed by atoms with Gasteiger partial charge in [-0.05, 0) is 24.3 Å². The SMILES string of the molecule is Nc1cccc2cc(C(=O)Nc3cc(F)ccc3F)[nH]c12. The molecule has 0 saturated heterocycles. The van der Waals surface area contributed by atoms with E-state index in [1.54, 1.807) is 24.3 Å². The van der Waals surface area contributed by atoms with E-state index in [1.807, 2.05) is 0 Å². The number of anilines is 2. The summed E-state index contributed by atoms with van der Waals surface area (Å²) >= 11 is 0. The topological polar surface area (TPSA) is 70.9 Å². The molecule has 6 heteroatoms. The van der Waals surface area contributed by atoms with E-state index in [0.717, 1.165) is 23.6 Å². The van der Waals surface area contributed by atoms with Crippen molar-refractivity contribution >= 4 is 28.2 Å². The van der Waals surface area contributed by atoms with E-state index in [9.17, 15) is 13.6 Å². The van der Waals surface area contributed by atoms with Crippen LogP contribution in [0.5, 0.6) is 0 Å². The highest BCUT2D eigenvalue weighted by atomic mass is 19.1. The quantitative estimate of drug-likeness (QED) is 0.633. The Morgan fingerprint density at radius 1 is 1.14 bits per heavy atom. The van der Waals surface area contributed by atoms with Gasteiger partial charge in [0.15, 0.2) is 0 Å². The molecular formula is C15H11F2N3O. The van der Waals surface area contributed by atoms with Crippen molar-refractivity contribution in [1.29, 1.82) is 0 Å². The third-order valence-electron chi connectivity index (χ3n) is 3.11. The van der Waals surface area contributed by atoms with Crippen LogP contribution in [0.3, 0.4) is 0 Å². The number of rotatable bonds is 2. The molecule has 2 aromatic carbocycles. The van der Waals surface area contributed by atoms with Crippen LogP contribution in [0.25, 0.3) is 10.9 Å². The second kappa shape index (κ2) is 4.90. The molecule has 0 aliphatic rings. The molecule has 0 aliphatic carbocycles. The molecule has 0 bridgehead atoms. The highest BCUT2D eigenvalue weighted by Gasteiger charge is 2.13. The molecule has 4 N–H and O–H groups in total. The van der Waals surface area contributed by atoms with Crippen molar-refractivity contribution in [2.75, 3.05) is 11.1 Å². The number of aromatic amines is 1. The maximum atomic E-state index is 13.5. The summed E-state index contributed by atoms with van der Waals surface area (Å²) in [7, 11) is 0. The van der Waals surface area contributed by atoms with E-state index >= 15 is 0 Å². The van der Waals surface area contributed by atoms with Gasteiger partial charge in [-0.2, -0.15) is 0 Å². The van der Waals surface area contributed by atoms with E-state index in [-0.39, 0.29) is 11.4 Å². The standard InChI is InChI=1S/C15H11F2N3O/c16-9-4-5-10(17)12(7-9)20-15(21)13-6-8-2-1-3-11(18)14(8)19-13/h1-7,19H,18H2,(H,20,21). The first-order valence-corrected chi connectivity index (χ1v) is 6.18. The van der Waals surface area contributed by atoms with Gasteiger partial charge in [-0.15, -0.1) is 0 Å². The van der Waals surface area contributed by atoms with Gasteiger partial charge >= 0.3 is 0 Å². The maximum absolute atomic E-state index is 13.5. The molecular weight excluding hydrogens is 276 g/mol. The number of amides is 1. The highest BCUT2D eigenvalue weighted by molar-refractivity contribution is 6.07. The van der Waals surface area contributed by atoms with Gasteiger partial charge in [-0.25, -0.2) is 8.78 Å². The van der Waals surface area contributed by atoms with Crippen LogP contribution in [0, 0.1) is 11.6 Å². The number of fused-ring (bicyclic) bond motifs is 1. The van der Waals surface area contributed by atoms with Crippen LogP contribution in [0.2, 0.25) is 0 Å². The lowest BCUT2D eigenvalue weighted by atomic mass is 10.2. The minimum atomic E-state index is -0.708. The first kappa shape index (κ1) is 13.1. The first-order chi connectivity index (χ1) is 10.0. The molecule has 0 unspecified atom stereocenters. The number of halogens is 2. The number of carbonyl (C=O) groups is 1. The Hall–Kier alpha value is -2.89. The lowest BCUT2D eigenvalue weighted by Crippen LogP contribution is -2.13. The Morgan fingerprint density at radius 2 is 1.95 bits per heavy atom. The number of para-hydroxylation sites is 1. The fraction of sp³-hybridized carbons (Fsp3) is 0. The smallest absolute Gasteiger partial charge is 0.272 e. The van der Waals surface area contributed by atoms with Crippen molar-refractivity contribution in [1.82, 2.24) is 4.98 Å². The summed E-state index contributed by atoms with van der Waals surface area (Å²) in [6, 6.07) is 9.71. The summed E-state index contributed by atoms with van der Waals surface area (Å²) in [5.41, 5.74) is 6.92. The molecule has 0 aliphatic heterocycles. The van der Waals surface area contributed by atoms with Gasteiger partial charge in [0.25, 0.3) is 5.91 Å². The lowest BCUT2D eigenvalue weighted by molar-refractivity contribution is 0.102. The fourth-order valence-electron chi connectivity index (χ4n) is 2.08. The number of carbonyl (C=O) groups excluding carboxylic acids is 1. The van der Waals surface area contributed by atoms with Gasteiger partial charge in [0.1, 0.15) is 17.3 Å². The Bertz CT molecular complexity index is 842. The fourth-order valence-corrected chi connectivity index (χ4v) is 2.08. The summed E-state index contributed by atoms with van der Waals surface area (Å²) in [5, 5.41) is 3.09. The second-order valence-electron chi connectivity index (χ2n) is 4.57. The third-order valence-corrected chi connectivity index (χ3v) is 3.11. The van der Waals surface area contributed by atoms with Crippen molar-refractivity contribution in [3.05, 3.63) is 59.8 Å². The largest absolute Gasteiger partial charge is 0.397 e. The molecule has 4 nitrogen and oxygen atoms in total. The van der Waals surface area contributed by atoms with Crippen molar-refractivity contribution in [2.24, 2.45) is 0 Å². The first-order valence-electron chi connectivity index (χ1n) is 6.18. The van der Waals surface area contributed by atoms with Crippen molar-refractivity contribution in [3.63, 3.8) is 0 Å². The zero-order chi connectivity index (χ0) is 15.0. The number of nitrogens with two attached hydrogens (primary N) is 1. The summed E-state index contributed by atoms with van der Waals surface area (Å²) in [6.07, 6.45) is 0. The van der Waals surface area contributed by atoms with Crippen LogP contribution in [-0.2, 0) is 0 Å². The number of hydrogen-bond acceptors (Lipinski definition) is 2. The molecule has 0 atom stereocenters. The minimum absolute atomic E-state index is 0.214. The second-order valence-corrected chi connectivity index (χ2v) is 4.57. The van der Waals surface area contributed by atoms with Gasteiger partial charge in [-0.1, -0.05) is 12.1 Å². The van der Waals surface area contributed by atoms with Crippen LogP contribution >= 0.6 is 0 Å². The van der Waals surface area contributed by atoms with Crippen LogP contribution < -0.4 is 11.1 Å². The van der Waals surface area contributed by atoms with Gasteiger partial charge in [0, 0.05) is 11.5 Å². The van der Waals surface area contributed by atoms with Gasteiger partial charge < -0.3 is 16.0 Å². The average molecular weight is 287 g/mol. The number of hydrogen-bond donors (Lipinski definition) is 3. The molecule has 106 valence electrons. The Labute approximate surface area is 118 Å². The summed E-state index contributed by atoms with van der Waals surface area (Å²) < 4.78 is 26.6. The van der Waals surface area contributed by atoms with E-state index < -0.39 is 17.5 Å². The van der Waals surface area contributed by atoms with E-state index in [4.69, 9.17) is 5.73 Å². The van der Waals surface area contributed by atoms with Crippen LogP contribution in [-0.4, -0.2) is 10.9 Å². The van der Waals surface area contributed by atoms with Crippen molar-refractivity contribution < 1.29 is 13.6 Å². The molecule has 1 heterocycles. The molecule has 3 aromatic rings. The molecule has 21 heavy (non-hydrogen) atoms. The summed E-state index contributed by atoms with van der Waals surface area (Å²) in [5.74, 6) is -1.91. The highest BCUT2D eigenvalue weighted by Crippen LogP contribution is 2.22. The molecule has 1 aromatic heterocycles. The molecule has 3 rings (SSSR count). The summed E-state index contributed by atoms with van der Waals surface area (Å²) in [4.78, 5) is 15.0. The van der Waals surface area contributed by atoms with Gasteiger partial charge in [-0.3, -0.25) is 4.79 Å². The van der Waals surface area contributed by atoms with E-state index in [1.165, 1.54) is 0 Å². The molecule has 0 radical (unpaired) electrons. The number of aromatic nitrogens is 1. The van der Waals surface area contributed by atoms with E-state index in [0.29, 0.717) is 11.2 Å². The normalized spacial score (nSPS) is 10.8. The third kappa shape index (κ3) is 2.43. The Balaban J connectivity index is 1.93. The number of nitrogens with one attached hydrogen (secondary N) is 2. The zero-order valence-corrected chi connectivity index (χ0v) is 10.8. The molecule has 0 spiro atoms. The van der Waals surface area contributed by atoms with Crippen molar-refractivity contribution in [3.8, 4) is 0 Å². The molecule has 0 saturated carbocycles. The van der Waals surface area contributed by atoms with Gasteiger partial charge in [0.2, 0.25) is 0 Å². The van der Waals surface area contributed by atoms with Crippen molar-refractivity contribution in [2.45, 2.75) is 0 Å². The zero-order valence-electron chi connectivity index (χ0n) is 10.8. The number of nitrogen functional groups attached to an aromatic ring is 1. The molecule has 1 amide bonds. The maximum Gasteiger partial charge on any atom is 0.272 e. The lowest BCUT2D eigenvalue weighted by Gasteiger charge is -2.05.